The Balaban J connectivity index is -0.000000521. The highest BCUT2D eigenvalue weighted by Crippen LogP contribution is 2.19. The Hall–Kier alpha value is -1.04. The SMILES string of the molecule is CC.CC.CC.CC.CCCC/C=C/C=C/CCCCCCCCC(C)CCCCCCCC/C=C/C=C/CCCC. The standard InChI is InChI=1S/C34H62.4C2H6/c1-4-6-8-10-12-14-16-18-20-22-24-26-28-30-32-34(3)33-31-29-27-25-23-21-19-17-15-13-11-9-7-5-2;4*1-2/h10-17,34H,4-9,18-33H2,1-3H3;4*1-2H3/b12-10+,13-11+,16-14+,17-15+;;;;. The smallest absolute Gasteiger partial charge is 0.0348 e. The first-order valence-corrected chi connectivity index (χ1v) is 19.4. The van der Waals surface area contributed by atoms with Gasteiger partial charge >= 0.3 is 0 Å². The fourth-order valence-corrected chi connectivity index (χ4v) is 4.41. The average Bonchev–Trinajstić information content (AvgIpc) is 3.05. The van der Waals surface area contributed by atoms with Crippen LogP contribution in [0.1, 0.15) is 217 Å². The molecule has 0 aromatic rings. The molecule has 0 saturated carbocycles. The molecule has 0 fully saturated rings. The molecule has 0 heterocycles. The lowest BCUT2D eigenvalue weighted by molar-refractivity contribution is 0.431. The van der Waals surface area contributed by atoms with Crippen LogP contribution in [0.5, 0.6) is 0 Å². The van der Waals surface area contributed by atoms with Gasteiger partial charge in [-0.3, -0.25) is 0 Å². The van der Waals surface area contributed by atoms with Crippen molar-refractivity contribution < 1.29 is 0 Å². The molecule has 0 N–H and O–H groups in total. The molecule has 0 rings (SSSR count). The lowest BCUT2D eigenvalue weighted by atomic mass is 9.96. The topological polar surface area (TPSA) is 0 Å². The molecule has 0 heteroatoms. The summed E-state index contributed by atoms with van der Waals surface area (Å²) < 4.78 is 0. The van der Waals surface area contributed by atoms with Gasteiger partial charge in [0.1, 0.15) is 0 Å². The van der Waals surface area contributed by atoms with Crippen molar-refractivity contribution in [2.45, 2.75) is 217 Å². The van der Waals surface area contributed by atoms with Crippen LogP contribution in [0.25, 0.3) is 0 Å². The van der Waals surface area contributed by atoms with E-state index in [2.05, 4.69) is 69.4 Å². The second kappa shape index (κ2) is 59.4. The predicted molar refractivity (Wildman–Crippen MR) is 204 cm³/mol. The van der Waals surface area contributed by atoms with Gasteiger partial charge in [-0.25, -0.2) is 0 Å². The van der Waals surface area contributed by atoms with E-state index in [1.165, 1.54) is 141 Å². The van der Waals surface area contributed by atoms with Crippen molar-refractivity contribution in [1.82, 2.24) is 0 Å². The predicted octanol–water partition coefficient (Wildman–Crippen LogP) is 16.6. The second-order valence-electron chi connectivity index (χ2n) is 10.5. The zero-order valence-electron chi connectivity index (χ0n) is 31.8. The van der Waals surface area contributed by atoms with E-state index < -0.39 is 0 Å². The Morgan fingerprint density at radius 3 is 0.857 bits per heavy atom. The van der Waals surface area contributed by atoms with Gasteiger partial charge in [-0.1, -0.05) is 228 Å². The molecule has 254 valence electrons. The van der Waals surface area contributed by atoms with Gasteiger partial charge in [0.2, 0.25) is 0 Å². The summed E-state index contributed by atoms with van der Waals surface area (Å²) in [6.07, 6.45) is 48.4. The summed E-state index contributed by atoms with van der Waals surface area (Å²) in [5.41, 5.74) is 0. The van der Waals surface area contributed by atoms with Crippen LogP contribution in [0.4, 0.5) is 0 Å². The van der Waals surface area contributed by atoms with Crippen molar-refractivity contribution in [2.75, 3.05) is 0 Å². The van der Waals surface area contributed by atoms with Gasteiger partial charge in [-0.15, -0.1) is 0 Å². The van der Waals surface area contributed by atoms with Gasteiger partial charge < -0.3 is 0 Å². The highest BCUT2D eigenvalue weighted by Gasteiger charge is 2.02. The van der Waals surface area contributed by atoms with Crippen molar-refractivity contribution in [2.24, 2.45) is 5.92 Å². The zero-order chi connectivity index (χ0) is 32.8. The maximum Gasteiger partial charge on any atom is -0.0348 e. The summed E-state index contributed by atoms with van der Waals surface area (Å²) in [6.45, 7) is 23.0. The molecule has 0 nitrogen and oxygen atoms in total. The molecule has 0 aliphatic rings. The van der Waals surface area contributed by atoms with Crippen LogP contribution in [0.15, 0.2) is 48.6 Å². The molecule has 0 aromatic carbocycles. The quantitative estimate of drug-likeness (QED) is 0.0694. The summed E-state index contributed by atoms with van der Waals surface area (Å²) in [5.74, 6) is 0.936. The lowest BCUT2D eigenvalue weighted by Gasteiger charge is -2.11. The highest BCUT2D eigenvalue weighted by molar-refractivity contribution is 5.02. The fourth-order valence-electron chi connectivity index (χ4n) is 4.41. The average molecular weight is 591 g/mol. The minimum atomic E-state index is 0.936. The molecular formula is C42H86. The van der Waals surface area contributed by atoms with E-state index in [1.54, 1.807) is 0 Å². The largest absolute Gasteiger partial charge is 0.0845 e. The van der Waals surface area contributed by atoms with Gasteiger partial charge in [-0.2, -0.15) is 0 Å². The molecule has 0 spiro atoms. The molecule has 42 heavy (non-hydrogen) atoms. The second-order valence-corrected chi connectivity index (χ2v) is 10.5. The maximum absolute atomic E-state index is 2.48. The first-order valence-electron chi connectivity index (χ1n) is 19.4. The third-order valence-electron chi connectivity index (χ3n) is 6.85. The molecule has 0 aromatic heterocycles. The Labute approximate surface area is 271 Å². The summed E-state index contributed by atoms with van der Waals surface area (Å²) in [5, 5.41) is 0. The Morgan fingerprint density at radius 2 is 0.571 bits per heavy atom. The molecule has 0 bridgehead atoms. The van der Waals surface area contributed by atoms with Crippen LogP contribution in [0, 0.1) is 5.92 Å². The summed E-state index contributed by atoms with van der Waals surface area (Å²) in [7, 11) is 0. The van der Waals surface area contributed by atoms with Crippen LogP contribution in [0.3, 0.4) is 0 Å². The van der Waals surface area contributed by atoms with Gasteiger partial charge in [-0.05, 0) is 44.4 Å². The van der Waals surface area contributed by atoms with Crippen LogP contribution >= 0.6 is 0 Å². The first-order chi connectivity index (χ1) is 20.8. The molecule has 0 amide bonds. The normalized spacial score (nSPS) is 10.8. The van der Waals surface area contributed by atoms with E-state index >= 15 is 0 Å². The van der Waals surface area contributed by atoms with Crippen molar-refractivity contribution in [3.63, 3.8) is 0 Å². The molecule has 0 atom stereocenters. The van der Waals surface area contributed by atoms with Crippen LogP contribution in [-0.2, 0) is 0 Å². The fraction of sp³-hybridized carbons (Fsp3) is 0.810. The zero-order valence-corrected chi connectivity index (χ0v) is 31.8. The van der Waals surface area contributed by atoms with E-state index in [1.807, 2.05) is 55.4 Å². The molecule has 0 aliphatic carbocycles. The van der Waals surface area contributed by atoms with Crippen molar-refractivity contribution in [1.29, 1.82) is 0 Å². The highest BCUT2D eigenvalue weighted by atomic mass is 14.1. The number of allylic oxidation sites excluding steroid dienone is 8. The van der Waals surface area contributed by atoms with Gasteiger partial charge in [0.05, 0.1) is 0 Å². The molecule has 0 aliphatic heterocycles. The van der Waals surface area contributed by atoms with Crippen LogP contribution in [-0.4, -0.2) is 0 Å². The van der Waals surface area contributed by atoms with Gasteiger partial charge in [0, 0.05) is 0 Å². The summed E-state index contributed by atoms with van der Waals surface area (Å²) >= 11 is 0. The van der Waals surface area contributed by atoms with Crippen molar-refractivity contribution in [3.8, 4) is 0 Å². The molecular weight excluding hydrogens is 504 g/mol. The van der Waals surface area contributed by atoms with Gasteiger partial charge in [0.15, 0.2) is 0 Å². The third-order valence-corrected chi connectivity index (χ3v) is 6.85. The van der Waals surface area contributed by atoms with Gasteiger partial charge in [0.25, 0.3) is 0 Å². The maximum atomic E-state index is 2.48. The van der Waals surface area contributed by atoms with E-state index in [0.717, 1.165) is 5.92 Å². The Kier molecular flexibility index (Phi) is 71.5. The first kappa shape index (κ1) is 50.6. The third kappa shape index (κ3) is 58.6. The van der Waals surface area contributed by atoms with E-state index in [4.69, 9.17) is 0 Å². The number of unbranched alkanes of at least 4 members (excludes halogenated alkanes) is 16. The van der Waals surface area contributed by atoms with Crippen LogP contribution in [0.2, 0.25) is 0 Å². The van der Waals surface area contributed by atoms with Crippen molar-refractivity contribution in [3.05, 3.63) is 48.6 Å². The van der Waals surface area contributed by atoms with Crippen molar-refractivity contribution >= 4 is 0 Å². The van der Waals surface area contributed by atoms with Crippen LogP contribution < -0.4 is 0 Å². The lowest BCUT2D eigenvalue weighted by Crippen LogP contribution is -1.95. The molecule has 0 unspecified atom stereocenters. The summed E-state index contributed by atoms with van der Waals surface area (Å²) in [6, 6.07) is 0. The number of hydrogen-bond donors (Lipinski definition) is 0. The van der Waals surface area contributed by atoms with E-state index in [-0.39, 0.29) is 0 Å². The minimum absolute atomic E-state index is 0.936. The summed E-state index contributed by atoms with van der Waals surface area (Å²) in [4.78, 5) is 0. The molecule has 0 radical (unpaired) electrons. The van der Waals surface area contributed by atoms with E-state index in [0.29, 0.717) is 0 Å². The van der Waals surface area contributed by atoms with E-state index in [9.17, 15) is 0 Å². The molecule has 0 saturated heterocycles. The monoisotopic (exact) mass is 591 g/mol. The Morgan fingerprint density at radius 1 is 0.333 bits per heavy atom. The number of hydrogen-bond acceptors (Lipinski definition) is 0. The number of rotatable bonds is 26. The minimum Gasteiger partial charge on any atom is -0.0845 e. The Bertz CT molecular complexity index is 434.